The number of hydrogen-bond donors (Lipinski definition) is 1. The molecule has 0 heterocycles. The van der Waals surface area contributed by atoms with Crippen LogP contribution in [0.1, 0.15) is 98.3 Å². The van der Waals surface area contributed by atoms with Crippen LogP contribution in [0.2, 0.25) is 0 Å². The summed E-state index contributed by atoms with van der Waals surface area (Å²) in [6, 6.07) is 0. The number of fused-ring (bicyclic) bond motifs is 2. The van der Waals surface area contributed by atoms with E-state index in [4.69, 9.17) is 4.74 Å². The lowest BCUT2D eigenvalue weighted by Gasteiger charge is -2.57. The summed E-state index contributed by atoms with van der Waals surface area (Å²) in [6.07, 6.45) is 13.5. The maximum atomic E-state index is 13.3. The van der Waals surface area contributed by atoms with Crippen molar-refractivity contribution >= 4 is 5.78 Å². The smallest absolute Gasteiger partial charge is 0.141 e. The van der Waals surface area contributed by atoms with E-state index in [1.165, 1.54) is 57.8 Å². The molecular weight excluding hydrogens is 384 g/mol. The van der Waals surface area contributed by atoms with Crippen molar-refractivity contribution in [3.05, 3.63) is 0 Å². The lowest BCUT2D eigenvalue weighted by molar-refractivity contribution is -0.186. The highest BCUT2D eigenvalue weighted by Crippen LogP contribution is 2.87. The Morgan fingerprint density at radius 3 is 2.58 bits per heavy atom. The molecule has 6 aliphatic rings. The summed E-state index contributed by atoms with van der Waals surface area (Å²) in [6.45, 7) is 9.66. The summed E-state index contributed by atoms with van der Waals surface area (Å²) in [7, 11) is 1.70. The first-order valence-corrected chi connectivity index (χ1v) is 13.3. The van der Waals surface area contributed by atoms with Crippen LogP contribution >= 0.6 is 0 Å². The number of rotatable bonds is 3. The molecule has 1 N–H and O–H groups in total. The lowest BCUT2D eigenvalue weighted by Crippen LogP contribution is -2.58. The zero-order valence-electron chi connectivity index (χ0n) is 20.5. The van der Waals surface area contributed by atoms with E-state index in [1.54, 1.807) is 7.11 Å². The molecule has 174 valence electrons. The van der Waals surface area contributed by atoms with Gasteiger partial charge in [0.25, 0.3) is 0 Å². The van der Waals surface area contributed by atoms with Crippen molar-refractivity contribution in [3.63, 3.8) is 0 Å². The van der Waals surface area contributed by atoms with Crippen LogP contribution in [-0.2, 0) is 9.53 Å². The standard InChI is InChI=1S/C28H44O3/c1-17(2)12-18-6-8-26(14-18)10-11-27(16-26)9-7-19-15-24(3)25(27,4)22(19)23-20(29)13-21(31-5)28(23,24)30/h17-19,21-23,30H,6-16H2,1-5H3/t18-,19-,21+,22-,23-,24-,25-,26+,27-,28+/m0/s1. The maximum absolute atomic E-state index is 13.3. The molecule has 0 unspecified atom stereocenters. The first-order valence-electron chi connectivity index (χ1n) is 13.3. The molecule has 0 aromatic rings. The van der Waals surface area contributed by atoms with Gasteiger partial charge in [0.05, 0.1) is 12.0 Å². The fourth-order valence-corrected chi connectivity index (χ4v) is 11.8. The van der Waals surface area contributed by atoms with Gasteiger partial charge in [-0.25, -0.2) is 0 Å². The highest BCUT2D eigenvalue weighted by Gasteiger charge is 2.87. The molecule has 3 heteroatoms. The molecule has 4 bridgehead atoms. The highest BCUT2D eigenvalue weighted by atomic mass is 16.5. The number of ether oxygens (including phenoxy) is 1. The largest absolute Gasteiger partial charge is 0.386 e. The third-order valence-corrected chi connectivity index (χ3v) is 12.8. The molecule has 2 spiro atoms. The normalized spacial score (nSPS) is 59.6. The zero-order valence-corrected chi connectivity index (χ0v) is 20.5. The predicted molar refractivity (Wildman–Crippen MR) is 121 cm³/mol. The van der Waals surface area contributed by atoms with Gasteiger partial charge in [0.15, 0.2) is 0 Å². The molecule has 0 aromatic carbocycles. The molecule has 10 atom stereocenters. The van der Waals surface area contributed by atoms with Gasteiger partial charge in [0, 0.05) is 18.9 Å². The predicted octanol–water partition coefficient (Wildman–Crippen LogP) is 5.78. The number of carbonyl (C=O) groups is 1. The van der Waals surface area contributed by atoms with Crippen LogP contribution in [0.5, 0.6) is 0 Å². The topological polar surface area (TPSA) is 46.5 Å². The lowest BCUT2D eigenvalue weighted by atomic mass is 9.47. The minimum absolute atomic E-state index is 0.0643. The second kappa shape index (κ2) is 6.17. The Morgan fingerprint density at radius 2 is 1.87 bits per heavy atom. The molecule has 6 saturated carbocycles. The second-order valence-corrected chi connectivity index (χ2v) is 14.0. The molecule has 0 radical (unpaired) electrons. The fourth-order valence-electron chi connectivity index (χ4n) is 11.8. The van der Waals surface area contributed by atoms with Gasteiger partial charge in [0.2, 0.25) is 0 Å². The van der Waals surface area contributed by atoms with Gasteiger partial charge in [-0.05, 0) is 104 Å². The summed E-state index contributed by atoms with van der Waals surface area (Å²) < 4.78 is 5.83. The van der Waals surface area contributed by atoms with Crippen LogP contribution in [0.4, 0.5) is 0 Å². The quantitative estimate of drug-likeness (QED) is 0.620. The van der Waals surface area contributed by atoms with Crippen LogP contribution in [0.3, 0.4) is 0 Å². The number of methoxy groups -OCH3 is 1. The molecule has 31 heavy (non-hydrogen) atoms. The third-order valence-electron chi connectivity index (χ3n) is 12.8. The summed E-state index contributed by atoms with van der Waals surface area (Å²) in [5, 5.41) is 12.3. The Labute approximate surface area is 189 Å². The van der Waals surface area contributed by atoms with E-state index in [1.807, 2.05) is 0 Å². The van der Waals surface area contributed by atoms with Crippen molar-refractivity contribution in [2.24, 2.45) is 51.2 Å². The third kappa shape index (κ3) is 2.18. The summed E-state index contributed by atoms with van der Waals surface area (Å²) in [4.78, 5) is 13.3. The molecule has 0 saturated heterocycles. The van der Waals surface area contributed by atoms with E-state index < -0.39 is 5.60 Å². The highest BCUT2D eigenvalue weighted by molar-refractivity contribution is 5.88. The SMILES string of the molecule is CO[C@@H]1CC(=O)[C@H]2[C@@H]3[C@H]4CC[C@@]5(CC[C@@]6(CC[C@@H](CC(C)C)C6)C5)[C@]3(C)[C@](C)(C4)[C@@]12O. The average Bonchev–Trinajstić information content (AvgIpc) is 3.41. The van der Waals surface area contributed by atoms with E-state index in [0.29, 0.717) is 34.9 Å². The van der Waals surface area contributed by atoms with Gasteiger partial charge < -0.3 is 9.84 Å². The Balaban J connectivity index is 1.39. The molecule has 6 rings (SSSR count). The molecule has 6 aliphatic carbocycles. The number of hydrogen-bond acceptors (Lipinski definition) is 3. The van der Waals surface area contributed by atoms with Crippen molar-refractivity contribution in [2.45, 2.75) is 110 Å². The van der Waals surface area contributed by atoms with Crippen LogP contribution in [-0.4, -0.2) is 29.7 Å². The summed E-state index contributed by atoms with van der Waals surface area (Å²) in [5.41, 5.74) is -0.252. The van der Waals surface area contributed by atoms with Gasteiger partial charge in [-0.3, -0.25) is 4.79 Å². The van der Waals surface area contributed by atoms with Crippen molar-refractivity contribution in [2.75, 3.05) is 7.11 Å². The van der Waals surface area contributed by atoms with Gasteiger partial charge in [-0.15, -0.1) is 0 Å². The Bertz CT molecular complexity index is 806. The second-order valence-electron chi connectivity index (χ2n) is 14.0. The van der Waals surface area contributed by atoms with E-state index in [9.17, 15) is 9.90 Å². The van der Waals surface area contributed by atoms with E-state index >= 15 is 0 Å². The number of ketones is 1. The number of carbonyl (C=O) groups excluding carboxylic acids is 1. The molecular formula is C28H44O3. The monoisotopic (exact) mass is 428 g/mol. The molecule has 3 nitrogen and oxygen atoms in total. The Morgan fingerprint density at radius 1 is 1.10 bits per heavy atom. The minimum Gasteiger partial charge on any atom is -0.386 e. The van der Waals surface area contributed by atoms with Gasteiger partial charge in [-0.1, -0.05) is 27.7 Å². The van der Waals surface area contributed by atoms with Crippen molar-refractivity contribution in [3.8, 4) is 0 Å². The van der Waals surface area contributed by atoms with Crippen LogP contribution in [0.25, 0.3) is 0 Å². The minimum atomic E-state index is -0.961. The maximum Gasteiger partial charge on any atom is 0.141 e. The van der Waals surface area contributed by atoms with Crippen LogP contribution < -0.4 is 0 Å². The summed E-state index contributed by atoms with van der Waals surface area (Å²) in [5.74, 6) is 2.82. The van der Waals surface area contributed by atoms with Crippen molar-refractivity contribution in [1.82, 2.24) is 0 Å². The number of Topliss-reactive ketones (excluding diaryl/α,β-unsaturated/α-hetero) is 1. The van der Waals surface area contributed by atoms with Gasteiger partial charge >= 0.3 is 0 Å². The molecule has 6 fully saturated rings. The van der Waals surface area contributed by atoms with E-state index in [0.717, 1.165) is 18.3 Å². The van der Waals surface area contributed by atoms with E-state index in [-0.39, 0.29) is 22.9 Å². The van der Waals surface area contributed by atoms with Gasteiger partial charge in [-0.2, -0.15) is 0 Å². The Hall–Kier alpha value is -0.410. The summed E-state index contributed by atoms with van der Waals surface area (Å²) >= 11 is 0. The van der Waals surface area contributed by atoms with Crippen molar-refractivity contribution < 1.29 is 14.6 Å². The molecule has 0 aromatic heterocycles. The van der Waals surface area contributed by atoms with Gasteiger partial charge in [0.1, 0.15) is 11.4 Å². The van der Waals surface area contributed by atoms with Crippen molar-refractivity contribution in [1.29, 1.82) is 0 Å². The molecule has 0 amide bonds. The van der Waals surface area contributed by atoms with Crippen LogP contribution in [0, 0.1) is 51.2 Å². The van der Waals surface area contributed by atoms with Crippen LogP contribution in [0.15, 0.2) is 0 Å². The number of aliphatic hydroxyl groups is 1. The first kappa shape index (κ1) is 21.1. The van der Waals surface area contributed by atoms with E-state index in [2.05, 4.69) is 27.7 Å². The fraction of sp³-hybridized carbons (Fsp3) is 0.964. The molecule has 0 aliphatic heterocycles. The average molecular weight is 429 g/mol. The Kier molecular flexibility index (Phi) is 4.21. The zero-order chi connectivity index (χ0) is 22.0. The first-order chi connectivity index (χ1) is 14.6.